The summed E-state index contributed by atoms with van der Waals surface area (Å²) in [5.41, 5.74) is 2.05. The summed E-state index contributed by atoms with van der Waals surface area (Å²) in [7, 11) is 3.32. The van der Waals surface area contributed by atoms with E-state index in [9.17, 15) is 0 Å². The van der Waals surface area contributed by atoms with Crippen LogP contribution in [0.25, 0.3) is 0 Å². The Morgan fingerprint density at radius 2 is 1.82 bits per heavy atom. The van der Waals surface area contributed by atoms with E-state index in [4.69, 9.17) is 9.47 Å². The van der Waals surface area contributed by atoms with Crippen LogP contribution in [0.4, 0.5) is 5.69 Å². The molecule has 0 unspecified atom stereocenters. The van der Waals surface area contributed by atoms with Crippen LogP contribution >= 0.6 is 0 Å². The summed E-state index contributed by atoms with van der Waals surface area (Å²) < 4.78 is 10.7. The van der Waals surface area contributed by atoms with Crippen molar-refractivity contribution in [3.05, 3.63) is 42.2 Å². The molecule has 0 fully saturated rings. The van der Waals surface area contributed by atoms with Crippen molar-refractivity contribution in [2.45, 2.75) is 6.54 Å². The molecule has 0 atom stereocenters. The molecule has 1 aromatic heterocycles. The fraction of sp³-hybridized carbons (Fsp3) is 0.231. The molecule has 17 heavy (non-hydrogen) atoms. The van der Waals surface area contributed by atoms with Crippen LogP contribution in [0.1, 0.15) is 5.56 Å². The Balaban J connectivity index is 2.18. The van der Waals surface area contributed by atoms with Crippen LogP contribution in [-0.2, 0) is 6.54 Å². The molecule has 1 heterocycles. The molecule has 0 saturated heterocycles. The third-order valence-corrected chi connectivity index (χ3v) is 2.60. The summed E-state index contributed by atoms with van der Waals surface area (Å²) in [5, 5.41) is 3.30. The van der Waals surface area contributed by atoms with Gasteiger partial charge in [-0.25, -0.2) is 0 Å². The SMILES string of the molecule is COc1cccc(OC)c1CNc1cc[nH]c1. The van der Waals surface area contributed by atoms with E-state index in [1.54, 1.807) is 14.2 Å². The van der Waals surface area contributed by atoms with Crippen LogP contribution in [0.3, 0.4) is 0 Å². The van der Waals surface area contributed by atoms with Crippen LogP contribution in [0.2, 0.25) is 0 Å². The second-order valence-corrected chi connectivity index (χ2v) is 3.59. The number of benzene rings is 1. The number of hydrogen-bond acceptors (Lipinski definition) is 3. The minimum atomic E-state index is 0.658. The van der Waals surface area contributed by atoms with Gasteiger partial charge < -0.3 is 19.8 Å². The van der Waals surface area contributed by atoms with Crippen LogP contribution in [-0.4, -0.2) is 19.2 Å². The molecule has 0 bridgehead atoms. The molecule has 0 amide bonds. The van der Waals surface area contributed by atoms with E-state index in [0.717, 1.165) is 22.7 Å². The molecule has 0 aliphatic carbocycles. The van der Waals surface area contributed by atoms with Gasteiger partial charge in [-0.1, -0.05) is 6.07 Å². The van der Waals surface area contributed by atoms with E-state index in [0.29, 0.717) is 6.54 Å². The molecule has 0 aliphatic heterocycles. The van der Waals surface area contributed by atoms with E-state index in [2.05, 4.69) is 10.3 Å². The van der Waals surface area contributed by atoms with E-state index >= 15 is 0 Å². The summed E-state index contributed by atoms with van der Waals surface area (Å²) in [5.74, 6) is 1.65. The first kappa shape index (κ1) is 11.4. The number of aromatic nitrogens is 1. The summed E-state index contributed by atoms with van der Waals surface area (Å²) in [6, 6.07) is 7.74. The van der Waals surface area contributed by atoms with Crippen molar-refractivity contribution >= 4 is 5.69 Å². The van der Waals surface area contributed by atoms with Crippen LogP contribution in [0.5, 0.6) is 11.5 Å². The maximum atomic E-state index is 5.33. The number of ether oxygens (including phenoxy) is 2. The molecule has 4 heteroatoms. The lowest BCUT2D eigenvalue weighted by molar-refractivity contribution is 0.386. The van der Waals surface area contributed by atoms with Crippen LogP contribution < -0.4 is 14.8 Å². The average Bonchev–Trinajstić information content (AvgIpc) is 2.88. The number of aromatic amines is 1. The largest absolute Gasteiger partial charge is 0.496 e. The van der Waals surface area contributed by atoms with Gasteiger partial charge in [-0.2, -0.15) is 0 Å². The van der Waals surface area contributed by atoms with Gasteiger partial charge in [-0.05, 0) is 18.2 Å². The van der Waals surface area contributed by atoms with E-state index in [-0.39, 0.29) is 0 Å². The predicted octanol–water partition coefficient (Wildman–Crippen LogP) is 2.64. The van der Waals surface area contributed by atoms with Gasteiger partial charge in [-0.3, -0.25) is 0 Å². The zero-order valence-electron chi connectivity index (χ0n) is 9.99. The Morgan fingerprint density at radius 3 is 2.35 bits per heavy atom. The van der Waals surface area contributed by atoms with Crippen LogP contribution in [0.15, 0.2) is 36.7 Å². The van der Waals surface area contributed by atoms with Crippen LogP contribution in [0, 0.1) is 0 Å². The Bertz CT molecular complexity index is 444. The zero-order chi connectivity index (χ0) is 12.1. The third-order valence-electron chi connectivity index (χ3n) is 2.60. The van der Waals surface area contributed by atoms with Crippen molar-refractivity contribution in [2.75, 3.05) is 19.5 Å². The molecule has 2 rings (SSSR count). The van der Waals surface area contributed by atoms with Crippen molar-refractivity contribution in [1.82, 2.24) is 4.98 Å². The lowest BCUT2D eigenvalue weighted by atomic mass is 10.1. The molecule has 4 nitrogen and oxygen atoms in total. The van der Waals surface area contributed by atoms with Gasteiger partial charge in [0.25, 0.3) is 0 Å². The molecule has 90 valence electrons. The topological polar surface area (TPSA) is 46.3 Å². The molecule has 0 radical (unpaired) electrons. The van der Waals surface area contributed by atoms with Crippen molar-refractivity contribution < 1.29 is 9.47 Å². The van der Waals surface area contributed by atoms with Gasteiger partial charge in [0.1, 0.15) is 11.5 Å². The maximum Gasteiger partial charge on any atom is 0.127 e. The molecule has 2 aromatic rings. The number of nitrogens with one attached hydrogen (secondary N) is 2. The first-order valence-electron chi connectivity index (χ1n) is 5.41. The Morgan fingerprint density at radius 1 is 1.12 bits per heavy atom. The number of hydrogen-bond donors (Lipinski definition) is 2. The van der Waals surface area contributed by atoms with Gasteiger partial charge in [0.15, 0.2) is 0 Å². The quantitative estimate of drug-likeness (QED) is 0.833. The van der Waals surface area contributed by atoms with Gasteiger partial charge in [0.2, 0.25) is 0 Å². The fourth-order valence-corrected chi connectivity index (χ4v) is 1.73. The van der Waals surface area contributed by atoms with Gasteiger partial charge in [-0.15, -0.1) is 0 Å². The molecule has 0 aliphatic rings. The molecular formula is C13H16N2O2. The normalized spacial score (nSPS) is 10.0. The predicted molar refractivity (Wildman–Crippen MR) is 67.7 cm³/mol. The van der Waals surface area contributed by atoms with E-state index in [1.165, 1.54) is 0 Å². The Labute approximate surface area is 101 Å². The molecular weight excluding hydrogens is 216 g/mol. The van der Waals surface area contributed by atoms with Crippen molar-refractivity contribution in [3.8, 4) is 11.5 Å². The summed E-state index contributed by atoms with van der Waals surface area (Å²) in [6.07, 6.45) is 3.78. The monoisotopic (exact) mass is 232 g/mol. The fourth-order valence-electron chi connectivity index (χ4n) is 1.73. The first-order chi connectivity index (χ1) is 8.35. The lowest BCUT2D eigenvalue weighted by Crippen LogP contribution is -2.03. The third kappa shape index (κ3) is 2.53. The number of H-pyrrole nitrogens is 1. The number of rotatable bonds is 5. The Hall–Kier alpha value is -2.10. The highest BCUT2D eigenvalue weighted by Crippen LogP contribution is 2.28. The Kier molecular flexibility index (Phi) is 3.55. The summed E-state index contributed by atoms with van der Waals surface area (Å²) in [6.45, 7) is 0.658. The maximum absolute atomic E-state index is 5.33. The minimum Gasteiger partial charge on any atom is -0.496 e. The van der Waals surface area contributed by atoms with E-state index in [1.807, 2.05) is 36.7 Å². The average molecular weight is 232 g/mol. The highest BCUT2D eigenvalue weighted by molar-refractivity contribution is 5.48. The smallest absolute Gasteiger partial charge is 0.127 e. The number of anilines is 1. The van der Waals surface area contributed by atoms with Gasteiger partial charge in [0, 0.05) is 18.9 Å². The van der Waals surface area contributed by atoms with Gasteiger partial charge >= 0.3 is 0 Å². The first-order valence-corrected chi connectivity index (χ1v) is 5.41. The summed E-state index contributed by atoms with van der Waals surface area (Å²) >= 11 is 0. The summed E-state index contributed by atoms with van der Waals surface area (Å²) in [4.78, 5) is 3.00. The molecule has 2 N–H and O–H groups in total. The van der Waals surface area contributed by atoms with Gasteiger partial charge in [0.05, 0.1) is 25.5 Å². The number of methoxy groups -OCH3 is 2. The minimum absolute atomic E-state index is 0.658. The van der Waals surface area contributed by atoms with E-state index < -0.39 is 0 Å². The molecule has 0 spiro atoms. The standard InChI is InChI=1S/C13H16N2O2/c1-16-12-4-3-5-13(17-2)11(12)9-15-10-6-7-14-8-10/h3-8,14-15H,9H2,1-2H3. The lowest BCUT2D eigenvalue weighted by Gasteiger charge is -2.13. The molecule has 1 aromatic carbocycles. The molecule has 0 saturated carbocycles. The zero-order valence-corrected chi connectivity index (χ0v) is 9.99. The van der Waals surface area contributed by atoms with Crippen molar-refractivity contribution in [3.63, 3.8) is 0 Å². The highest BCUT2D eigenvalue weighted by Gasteiger charge is 2.09. The second-order valence-electron chi connectivity index (χ2n) is 3.59. The second kappa shape index (κ2) is 5.30. The van der Waals surface area contributed by atoms with Crippen molar-refractivity contribution in [1.29, 1.82) is 0 Å². The highest BCUT2D eigenvalue weighted by atomic mass is 16.5. The van der Waals surface area contributed by atoms with Crippen molar-refractivity contribution in [2.24, 2.45) is 0 Å².